The van der Waals surface area contributed by atoms with Gasteiger partial charge in [0.2, 0.25) is 0 Å². The Morgan fingerprint density at radius 1 is 1.11 bits per heavy atom. The van der Waals surface area contributed by atoms with Gasteiger partial charge in [0.15, 0.2) is 0 Å². The summed E-state index contributed by atoms with van der Waals surface area (Å²) < 4.78 is 6.75. The normalized spacial score (nSPS) is 11.2. The van der Waals surface area contributed by atoms with E-state index in [-0.39, 0.29) is 0 Å². The van der Waals surface area contributed by atoms with Gasteiger partial charge in [-0.3, -0.25) is 0 Å². The van der Waals surface area contributed by atoms with Crippen molar-refractivity contribution in [1.29, 1.82) is 0 Å². The third-order valence-corrected chi connectivity index (χ3v) is 2.77. The molecule has 0 spiro atoms. The largest absolute Gasteiger partial charge is 0.497 e. The molecule has 5 heteroatoms. The number of aliphatic imine (C=N–C) groups is 1. The molecular formula is C14H12N4O. The minimum absolute atomic E-state index is 0.810. The Balaban J connectivity index is 1.89. The number of nitrogens with zero attached hydrogens (tertiary/aromatic N) is 4. The fourth-order valence-electron chi connectivity index (χ4n) is 1.76. The molecular weight excluding hydrogens is 240 g/mol. The highest BCUT2D eigenvalue weighted by atomic mass is 16.5. The SMILES string of the molecule is COc1ccc(N=Cn2nnc3ccccc32)cc1. The number of fused-ring (bicyclic) bond motifs is 1. The summed E-state index contributed by atoms with van der Waals surface area (Å²) >= 11 is 0. The molecule has 0 unspecified atom stereocenters. The average molecular weight is 252 g/mol. The number of aromatic nitrogens is 3. The van der Waals surface area contributed by atoms with E-state index < -0.39 is 0 Å². The molecule has 0 N–H and O–H groups in total. The molecule has 5 nitrogen and oxygen atoms in total. The Morgan fingerprint density at radius 2 is 1.89 bits per heavy atom. The van der Waals surface area contributed by atoms with E-state index in [9.17, 15) is 0 Å². The molecule has 0 radical (unpaired) electrons. The summed E-state index contributed by atoms with van der Waals surface area (Å²) in [7, 11) is 1.64. The van der Waals surface area contributed by atoms with E-state index in [1.165, 1.54) is 0 Å². The van der Waals surface area contributed by atoms with Gasteiger partial charge in [0, 0.05) is 0 Å². The molecule has 3 aromatic rings. The van der Waals surface area contributed by atoms with Crippen LogP contribution in [0.5, 0.6) is 5.75 Å². The number of ether oxygens (including phenoxy) is 1. The second-order valence-corrected chi connectivity index (χ2v) is 3.97. The van der Waals surface area contributed by atoms with E-state index in [2.05, 4.69) is 15.3 Å². The number of para-hydroxylation sites is 1. The van der Waals surface area contributed by atoms with E-state index in [1.54, 1.807) is 18.1 Å². The molecule has 1 aromatic heterocycles. The van der Waals surface area contributed by atoms with Crippen molar-refractivity contribution >= 4 is 23.1 Å². The lowest BCUT2D eigenvalue weighted by Crippen LogP contribution is -1.96. The number of rotatable bonds is 3. The van der Waals surface area contributed by atoms with Crippen molar-refractivity contribution in [3.63, 3.8) is 0 Å². The molecule has 2 aromatic carbocycles. The predicted octanol–water partition coefficient (Wildman–Crippen LogP) is 2.65. The highest BCUT2D eigenvalue weighted by molar-refractivity contribution is 5.81. The van der Waals surface area contributed by atoms with Gasteiger partial charge in [0.25, 0.3) is 0 Å². The first-order chi connectivity index (χ1) is 9.36. The van der Waals surface area contributed by atoms with Crippen LogP contribution in [0.1, 0.15) is 0 Å². The molecule has 19 heavy (non-hydrogen) atoms. The summed E-state index contributed by atoms with van der Waals surface area (Å²) in [6.07, 6.45) is 1.65. The smallest absolute Gasteiger partial charge is 0.120 e. The zero-order chi connectivity index (χ0) is 13.1. The molecule has 0 saturated carbocycles. The van der Waals surface area contributed by atoms with Crippen molar-refractivity contribution in [1.82, 2.24) is 15.0 Å². The summed E-state index contributed by atoms with van der Waals surface area (Å²) in [5, 5.41) is 8.10. The summed E-state index contributed by atoms with van der Waals surface area (Å²) in [6.45, 7) is 0. The first kappa shape index (κ1) is 11.4. The Kier molecular flexibility index (Phi) is 2.94. The van der Waals surface area contributed by atoms with E-state index in [1.807, 2.05) is 48.5 Å². The van der Waals surface area contributed by atoms with E-state index in [0.717, 1.165) is 22.5 Å². The van der Waals surface area contributed by atoms with Gasteiger partial charge >= 0.3 is 0 Å². The summed E-state index contributed by atoms with van der Waals surface area (Å²) in [6, 6.07) is 15.3. The van der Waals surface area contributed by atoms with Crippen LogP contribution in [0, 0.1) is 0 Å². The van der Waals surface area contributed by atoms with Gasteiger partial charge in [0.05, 0.1) is 18.3 Å². The fourth-order valence-corrected chi connectivity index (χ4v) is 1.76. The molecule has 1 heterocycles. The first-order valence-electron chi connectivity index (χ1n) is 5.85. The number of benzene rings is 2. The van der Waals surface area contributed by atoms with Crippen molar-refractivity contribution in [2.24, 2.45) is 4.99 Å². The van der Waals surface area contributed by atoms with Crippen molar-refractivity contribution < 1.29 is 4.74 Å². The monoisotopic (exact) mass is 252 g/mol. The maximum absolute atomic E-state index is 5.10. The lowest BCUT2D eigenvalue weighted by atomic mass is 10.3. The van der Waals surface area contributed by atoms with Crippen LogP contribution in [-0.4, -0.2) is 28.4 Å². The average Bonchev–Trinajstić information content (AvgIpc) is 2.89. The third-order valence-electron chi connectivity index (χ3n) is 2.77. The van der Waals surface area contributed by atoms with E-state index in [0.29, 0.717) is 0 Å². The quantitative estimate of drug-likeness (QED) is 0.532. The standard InChI is InChI=1S/C14H12N4O/c1-19-12-8-6-11(7-9-12)15-10-18-14-5-3-2-4-13(14)16-17-18/h2-10H,1H3. The van der Waals surface area contributed by atoms with Gasteiger partial charge in [0.1, 0.15) is 17.6 Å². The second-order valence-electron chi connectivity index (χ2n) is 3.97. The molecule has 0 aliphatic heterocycles. The van der Waals surface area contributed by atoms with Crippen LogP contribution in [0.2, 0.25) is 0 Å². The van der Waals surface area contributed by atoms with E-state index in [4.69, 9.17) is 4.74 Å². The van der Waals surface area contributed by atoms with Crippen molar-refractivity contribution in [2.75, 3.05) is 7.11 Å². The Bertz CT molecular complexity index is 716. The van der Waals surface area contributed by atoms with Gasteiger partial charge in [-0.05, 0) is 36.4 Å². The van der Waals surface area contributed by atoms with Gasteiger partial charge in [-0.15, -0.1) is 5.10 Å². The van der Waals surface area contributed by atoms with Gasteiger partial charge in [-0.2, -0.15) is 0 Å². The van der Waals surface area contributed by atoms with Crippen molar-refractivity contribution in [3.8, 4) is 5.75 Å². The third kappa shape index (κ3) is 2.30. The molecule has 0 bridgehead atoms. The summed E-state index contributed by atoms with van der Waals surface area (Å²) in [5.74, 6) is 0.810. The summed E-state index contributed by atoms with van der Waals surface area (Å²) in [5.41, 5.74) is 2.61. The molecule has 0 atom stereocenters. The van der Waals surface area contributed by atoms with E-state index >= 15 is 0 Å². The minimum atomic E-state index is 0.810. The van der Waals surface area contributed by atoms with Crippen LogP contribution >= 0.6 is 0 Å². The lowest BCUT2D eigenvalue weighted by Gasteiger charge is -1.98. The lowest BCUT2D eigenvalue weighted by molar-refractivity contribution is 0.415. The number of methoxy groups -OCH3 is 1. The Labute approximate surface area is 110 Å². The van der Waals surface area contributed by atoms with Crippen molar-refractivity contribution in [3.05, 3.63) is 48.5 Å². The maximum atomic E-state index is 5.10. The predicted molar refractivity (Wildman–Crippen MR) is 74.1 cm³/mol. The minimum Gasteiger partial charge on any atom is -0.497 e. The fraction of sp³-hybridized carbons (Fsp3) is 0.0714. The maximum Gasteiger partial charge on any atom is 0.120 e. The van der Waals surface area contributed by atoms with Crippen LogP contribution in [0.4, 0.5) is 5.69 Å². The van der Waals surface area contributed by atoms with Crippen LogP contribution in [0.25, 0.3) is 11.0 Å². The zero-order valence-corrected chi connectivity index (χ0v) is 10.4. The summed E-state index contributed by atoms with van der Waals surface area (Å²) in [4.78, 5) is 4.35. The van der Waals surface area contributed by atoms with Crippen LogP contribution < -0.4 is 4.74 Å². The van der Waals surface area contributed by atoms with Crippen LogP contribution in [0.3, 0.4) is 0 Å². The Hall–Kier alpha value is -2.69. The topological polar surface area (TPSA) is 52.3 Å². The molecule has 0 saturated heterocycles. The van der Waals surface area contributed by atoms with Gasteiger partial charge < -0.3 is 4.74 Å². The number of hydrogen-bond acceptors (Lipinski definition) is 4. The molecule has 0 amide bonds. The molecule has 0 fully saturated rings. The Morgan fingerprint density at radius 3 is 2.68 bits per heavy atom. The van der Waals surface area contributed by atoms with Gasteiger partial charge in [-0.1, -0.05) is 17.3 Å². The molecule has 94 valence electrons. The zero-order valence-electron chi connectivity index (χ0n) is 10.4. The van der Waals surface area contributed by atoms with Crippen molar-refractivity contribution in [2.45, 2.75) is 0 Å². The van der Waals surface area contributed by atoms with Gasteiger partial charge in [-0.25, -0.2) is 9.67 Å². The molecule has 0 aliphatic rings. The first-order valence-corrected chi connectivity index (χ1v) is 5.85. The number of hydrogen-bond donors (Lipinski definition) is 0. The highest BCUT2D eigenvalue weighted by Gasteiger charge is 2.00. The second kappa shape index (κ2) is 4.89. The molecule has 0 aliphatic carbocycles. The highest BCUT2D eigenvalue weighted by Crippen LogP contribution is 2.17. The van der Waals surface area contributed by atoms with Crippen LogP contribution in [-0.2, 0) is 0 Å². The molecule has 3 rings (SSSR count). The van der Waals surface area contributed by atoms with Crippen LogP contribution in [0.15, 0.2) is 53.5 Å².